The molecule has 0 heterocycles. The molecule has 0 radical (unpaired) electrons. The topological polar surface area (TPSA) is 83.1 Å². The van der Waals surface area contributed by atoms with Crippen LogP contribution in [0.3, 0.4) is 0 Å². The molecule has 0 aliphatic heterocycles. The molecule has 0 fully saturated rings. The standard InChI is InChI=1S/C25H24FNO6/c1-30-21-10-3-17(4-11-21)13-14-32-25(29)18-5-12-22(23(15-18)31-2)33-16-24(28)27-20-8-6-19(26)7-9-20/h3-12,15H,13-14,16H2,1-2H3,(H,27,28). The van der Waals surface area contributed by atoms with Crippen LogP contribution >= 0.6 is 0 Å². The number of carbonyl (C=O) groups is 2. The van der Waals surface area contributed by atoms with E-state index in [1.165, 1.54) is 49.6 Å². The Hall–Kier alpha value is -4.07. The summed E-state index contributed by atoms with van der Waals surface area (Å²) in [5.74, 6) is 0.0234. The summed E-state index contributed by atoms with van der Waals surface area (Å²) in [6.07, 6.45) is 0.567. The summed E-state index contributed by atoms with van der Waals surface area (Å²) in [4.78, 5) is 24.4. The zero-order valence-electron chi connectivity index (χ0n) is 18.3. The molecule has 1 amide bonds. The fraction of sp³-hybridized carbons (Fsp3) is 0.200. The van der Waals surface area contributed by atoms with Gasteiger partial charge in [0.05, 0.1) is 26.4 Å². The quantitative estimate of drug-likeness (QED) is 0.462. The van der Waals surface area contributed by atoms with E-state index in [0.717, 1.165) is 11.3 Å². The SMILES string of the molecule is COc1ccc(CCOC(=O)c2ccc(OCC(=O)Nc3ccc(F)cc3)c(OC)c2)cc1. The highest BCUT2D eigenvalue weighted by Gasteiger charge is 2.14. The summed E-state index contributed by atoms with van der Waals surface area (Å²) in [5, 5.41) is 2.60. The van der Waals surface area contributed by atoms with Crippen LogP contribution in [0.5, 0.6) is 17.2 Å². The Morgan fingerprint density at radius 3 is 2.27 bits per heavy atom. The van der Waals surface area contributed by atoms with Gasteiger partial charge in [-0.1, -0.05) is 12.1 Å². The first-order valence-corrected chi connectivity index (χ1v) is 10.1. The molecule has 0 aromatic heterocycles. The summed E-state index contributed by atoms with van der Waals surface area (Å²) >= 11 is 0. The number of hydrogen-bond donors (Lipinski definition) is 1. The second-order valence-corrected chi connectivity index (χ2v) is 6.94. The van der Waals surface area contributed by atoms with E-state index in [2.05, 4.69) is 5.32 Å². The number of rotatable bonds is 10. The monoisotopic (exact) mass is 453 g/mol. The molecular weight excluding hydrogens is 429 g/mol. The van der Waals surface area contributed by atoms with Crippen molar-refractivity contribution in [2.75, 3.05) is 32.8 Å². The zero-order valence-corrected chi connectivity index (χ0v) is 18.3. The third-order valence-electron chi connectivity index (χ3n) is 4.67. The summed E-state index contributed by atoms with van der Waals surface area (Å²) < 4.78 is 34.2. The molecule has 3 aromatic rings. The smallest absolute Gasteiger partial charge is 0.338 e. The first-order chi connectivity index (χ1) is 16.0. The number of methoxy groups -OCH3 is 2. The molecule has 3 aromatic carbocycles. The van der Waals surface area contributed by atoms with Crippen LogP contribution < -0.4 is 19.5 Å². The molecule has 0 unspecified atom stereocenters. The predicted octanol–water partition coefficient (Wildman–Crippen LogP) is 4.26. The lowest BCUT2D eigenvalue weighted by Crippen LogP contribution is -2.20. The molecule has 0 bridgehead atoms. The van der Waals surface area contributed by atoms with Gasteiger partial charge in [-0.3, -0.25) is 4.79 Å². The van der Waals surface area contributed by atoms with Gasteiger partial charge in [-0.2, -0.15) is 0 Å². The van der Waals surface area contributed by atoms with Crippen LogP contribution in [0.1, 0.15) is 15.9 Å². The van der Waals surface area contributed by atoms with Crippen LogP contribution in [0.15, 0.2) is 66.7 Å². The van der Waals surface area contributed by atoms with Gasteiger partial charge in [0.1, 0.15) is 11.6 Å². The molecule has 0 saturated heterocycles. The largest absolute Gasteiger partial charge is 0.497 e. The minimum absolute atomic E-state index is 0.218. The van der Waals surface area contributed by atoms with E-state index in [9.17, 15) is 14.0 Å². The normalized spacial score (nSPS) is 10.3. The highest BCUT2D eigenvalue weighted by atomic mass is 19.1. The Balaban J connectivity index is 1.51. The van der Waals surface area contributed by atoms with Gasteiger partial charge >= 0.3 is 5.97 Å². The number of ether oxygens (including phenoxy) is 4. The first-order valence-electron chi connectivity index (χ1n) is 10.1. The number of amides is 1. The van der Waals surface area contributed by atoms with E-state index in [-0.39, 0.29) is 19.0 Å². The Bertz CT molecular complexity index is 1080. The molecule has 1 N–H and O–H groups in total. The number of anilines is 1. The molecule has 33 heavy (non-hydrogen) atoms. The fourth-order valence-electron chi connectivity index (χ4n) is 2.92. The summed E-state index contributed by atoms with van der Waals surface area (Å²) in [6, 6.07) is 17.5. The number of halogens is 1. The maximum atomic E-state index is 13.0. The maximum absolute atomic E-state index is 13.0. The Morgan fingerprint density at radius 2 is 1.61 bits per heavy atom. The molecule has 8 heteroatoms. The van der Waals surface area contributed by atoms with Crippen molar-refractivity contribution in [3.8, 4) is 17.2 Å². The van der Waals surface area contributed by atoms with Crippen molar-refractivity contribution in [3.63, 3.8) is 0 Å². The zero-order chi connectivity index (χ0) is 23.6. The van der Waals surface area contributed by atoms with E-state index in [1.807, 2.05) is 24.3 Å². The predicted molar refractivity (Wildman–Crippen MR) is 120 cm³/mol. The van der Waals surface area contributed by atoms with Gasteiger partial charge in [0, 0.05) is 12.1 Å². The summed E-state index contributed by atoms with van der Waals surface area (Å²) in [7, 11) is 3.03. The van der Waals surface area contributed by atoms with E-state index >= 15 is 0 Å². The van der Waals surface area contributed by atoms with E-state index in [1.54, 1.807) is 7.11 Å². The van der Waals surface area contributed by atoms with Gasteiger partial charge in [-0.05, 0) is 60.2 Å². The van der Waals surface area contributed by atoms with Crippen molar-refractivity contribution in [2.45, 2.75) is 6.42 Å². The Morgan fingerprint density at radius 1 is 0.879 bits per heavy atom. The second kappa shape index (κ2) is 11.5. The molecule has 0 atom stereocenters. The van der Waals surface area contributed by atoms with Crippen molar-refractivity contribution in [2.24, 2.45) is 0 Å². The van der Waals surface area contributed by atoms with Gasteiger partial charge in [-0.15, -0.1) is 0 Å². The average molecular weight is 453 g/mol. The van der Waals surface area contributed by atoms with Crippen LogP contribution in [0, 0.1) is 5.82 Å². The number of esters is 1. The maximum Gasteiger partial charge on any atom is 0.338 e. The third kappa shape index (κ3) is 6.96. The number of hydrogen-bond acceptors (Lipinski definition) is 6. The van der Waals surface area contributed by atoms with Gasteiger partial charge in [0.15, 0.2) is 18.1 Å². The van der Waals surface area contributed by atoms with E-state index in [4.69, 9.17) is 18.9 Å². The summed E-state index contributed by atoms with van der Waals surface area (Å²) in [6.45, 7) is -0.0747. The van der Waals surface area contributed by atoms with Crippen molar-refractivity contribution in [1.82, 2.24) is 0 Å². The number of nitrogens with one attached hydrogen (secondary N) is 1. The Labute approximate surface area is 191 Å². The van der Waals surface area contributed by atoms with Crippen molar-refractivity contribution in [3.05, 3.63) is 83.7 Å². The van der Waals surface area contributed by atoms with Gasteiger partial charge in [-0.25, -0.2) is 9.18 Å². The van der Waals surface area contributed by atoms with Crippen molar-refractivity contribution < 1.29 is 32.9 Å². The molecule has 0 aliphatic carbocycles. The van der Waals surface area contributed by atoms with E-state index < -0.39 is 17.7 Å². The summed E-state index contributed by atoms with van der Waals surface area (Å²) in [5.41, 5.74) is 1.76. The highest BCUT2D eigenvalue weighted by molar-refractivity contribution is 5.92. The van der Waals surface area contributed by atoms with Gasteiger partial charge < -0.3 is 24.3 Å². The Kier molecular flexibility index (Phi) is 8.24. The lowest BCUT2D eigenvalue weighted by molar-refractivity contribution is -0.118. The molecule has 0 aliphatic rings. The highest BCUT2D eigenvalue weighted by Crippen LogP contribution is 2.28. The van der Waals surface area contributed by atoms with Crippen molar-refractivity contribution >= 4 is 17.6 Å². The van der Waals surface area contributed by atoms with Crippen LogP contribution in [0.2, 0.25) is 0 Å². The second-order valence-electron chi connectivity index (χ2n) is 6.94. The molecule has 0 saturated carbocycles. The van der Waals surface area contributed by atoms with E-state index in [0.29, 0.717) is 23.4 Å². The molecule has 172 valence electrons. The molecule has 7 nitrogen and oxygen atoms in total. The van der Waals surface area contributed by atoms with Crippen LogP contribution in [-0.4, -0.2) is 39.3 Å². The van der Waals surface area contributed by atoms with Crippen LogP contribution in [0.25, 0.3) is 0 Å². The van der Waals surface area contributed by atoms with Gasteiger partial charge in [0.2, 0.25) is 0 Å². The molecule has 0 spiro atoms. The molecule has 3 rings (SSSR count). The van der Waals surface area contributed by atoms with Gasteiger partial charge in [0.25, 0.3) is 5.91 Å². The van der Waals surface area contributed by atoms with Crippen LogP contribution in [-0.2, 0) is 16.0 Å². The lowest BCUT2D eigenvalue weighted by atomic mass is 10.1. The van der Waals surface area contributed by atoms with Crippen LogP contribution in [0.4, 0.5) is 10.1 Å². The number of benzene rings is 3. The van der Waals surface area contributed by atoms with Crippen molar-refractivity contribution in [1.29, 1.82) is 0 Å². The lowest BCUT2D eigenvalue weighted by Gasteiger charge is -2.12. The minimum atomic E-state index is -0.498. The molecular formula is C25H24FNO6. The average Bonchev–Trinajstić information content (AvgIpc) is 2.84. The minimum Gasteiger partial charge on any atom is -0.497 e. The first kappa shape index (κ1) is 23.6. The third-order valence-corrected chi connectivity index (χ3v) is 4.67. The fourth-order valence-corrected chi connectivity index (χ4v) is 2.92. The number of carbonyl (C=O) groups excluding carboxylic acids is 2.